The smallest absolute Gasteiger partial charge is 0.282 e. The zero-order chi connectivity index (χ0) is 20.4. The van der Waals surface area contributed by atoms with Crippen molar-refractivity contribution in [1.82, 2.24) is 15.0 Å². The third-order valence-corrected chi connectivity index (χ3v) is 4.57. The number of nitrogens with one attached hydrogen (secondary N) is 2. The van der Waals surface area contributed by atoms with Crippen LogP contribution in [0, 0.1) is 5.82 Å². The zero-order valence-corrected chi connectivity index (χ0v) is 15.6. The van der Waals surface area contributed by atoms with E-state index in [0.29, 0.717) is 23.1 Å². The molecule has 0 bridgehead atoms. The molecule has 29 heavy (non-hydrogen) atoms. The normalized spacial score (nSPS) is 16.1. The van der Waals surface area contributed by atoms with E-state index in [0.717, 1.165) is 5.56 Å². The zero-order valence-electron chi connectivity index (χ0n) is 15.6. The third kappa shape index (κ3) is 4.56. The molecule has 1 saturated heterocycles. The van der Waals surface area contributed by atoms with Gasteiger partial charge < -0.3 is 15.5 Å². The van der Waals surface area contributed by atoms with Crippen molar-refractivity contribution < 1.29 is 13.2 Å². The SMILES string of the molecule is C[C@H](Nc1cc(N2CC(F)(F)C2)cc(Nc2cnccn2)n1)c1ccc(F)cc1. The minimum Gasteiger partial charge on any atom is -0.363 e. The van der Waals surface area contributed by atoms with E-state index in [1.165, 1.54) is 18.3 Å². The molecule has 3 heterocycles. The van der Waals surface area contributed by atoms with Gasteiger partial charge in [-0.25, -0.2) is 23.1 Å². The highest BCUT2D eigenvalue weighted by atomic mass is 19.3. The molecule has 9 heteroatoms. The second kappa shape index (κ2) is 7.57. The number of rotatable bonds is 6. The van der Waals surface area contributed by atoms with Crippen molar-refractivity contribution >= 4 is 23.1 Å². The molecule has 150 valence electrons. The van der Waals surface area contributed by atoms with Gasteiger partial charge in [0.2, 0.25) is 0 Å². The van der Waals surface area contributed by atoms with Crippen molar-refractivity contribution in [2.45, 2.75) is 18.9 Å². The molecule has 2 N–H and O–H groups in total. The number of hydrogen-bond donors (Lipinski definition) is 2. The molecule has 1 aromatic carbocycles. The Hall–Kier alpha value is -3.36. The van der Waals surface area contributed by atoms with Gasteiger partial charge in [-0.15, -0.1) is 0 Å². The van der Waals surface area contributed by atoms with Crippen molar-refractivity contribution in [3.63, 3.8) is 0 Å². The highest BCUT2D eigenvalue weighted by Crippen LogP contribution is 2.34. The molecule has 0 saturated carbocycles. The summed E-state index contributed by atoms with van der Waals surface area (Å²) in [7, 11) is 0. The average Bonchev–Trinajstić information content (AvgIpc) is 2.67. The maximum absolute atomic E-state index is 13.3. The maximum Gasteiger partial charge on any atom is 0.282 e. The minimum absolute atomic E-state index is 0.166. The fourth-order valence-electron chi connectivity index (χ4n) is 3.08. The van der Waals surface area contributed by atoms with Gasteiger partial charge in [0, 0.05) is 36.3 Å². The second-order valence-corrected chi connectivity index (χ2v) is 6.94. The highest BCUT2D eigenvalue weighted by Gasteiger charge is 2.44. The number of halogens is 3. The topological polar surface area (TPSA) is 66.0 Å². The van der Waals surface area contributed by atoms with Crippen LogP contribution in [-0.4, -0.2) is 34.0 Å². The Bertz CT molecular complexity index is 973. The van der Waals surface area contributed by atoms with E-state index in [2.05, 4.69) is 25.6 Å². The molecular formula is C20H19F3N6. The van der Waals surface area contributed by atoms with Crippen LogP contribution in [-0.2, 0) is 0 Å². The quantitative estimate of drug-likeness (QED) is 0.640. The van der Waals surface area contributed by atoms with Crippen LogP contribution in [0.15, 0.2) is 55.0 Å². The lowest BCUT2D eigenvalue weighted by Gasteiger charge is -2.40. The van der Waals surface area contributed by atoms with E-state index in [1.54, 1.807) is 41.6 Å². The predicted octanol–water partition coefficient (Wildman–Crippen LogP) is 4.38. The molecule has 3 aromatic rings. The summed E-state index contributed by atoms with van der Waals surface area (Å²) in [5.41, 5.74) is 1.49. The molecule has 1 atom stereocenters. The monoisotopic (exact) mass is 400 g/mol. The Morgan fingerprint density at radius 1 is 1.03 bits per heavy atom. The molecule has 2 aromatic heterocycles. The molecular weight excluding hydrogens is 381 g/mol. The average molecular weight is 400 g/mol. The molecule has 0 radical (unpaired) electrons. The lowest BCUT2D eigenvalue weighted by molar-refractivity contribution is -0.0262. The minimum atomic E-state index is -2.68. The van der Waals surface area contributed by atoms with Crippen LogP contribution in [0.1, 0.15) is 18.5 Å². The molecule has 0 spiro atoms. The molecule has 0 unspecified atom stereocenters. The second-order valence-electron chi connectivity index (χ2n) is 6.94. The Balaban J connectivity index is 1.59. The molecule has 1 aliphatic heterocycles. The number of nitrogens with zero attached hydrogens (tertiary/aromatic N) is 4. The van der Waals surface area contributed by atoms with E-state index in [-0.39, 0.29) is 24.9 Å². The van der Waals surface area contributed by atoms with Crippen LogP contribution in [0.2, 0.25) is 0 Å². The summed E-state index contributed by atoms with van der Waals surface area (Å²) in [5, 5.41) is 6.28. The van der Waals surface area contributed by atoms with E-state index in [9.17, 15) is 13.2 Å². The summed E-state index contributed by atoms with van der Waals surface area (Å²) in [6, 6.07) is 9.40. The van der Waals surface area contributed by atoms with Gasteiger partial charge >= 0.3 is 0 Å². The van der Waals surface area contributed by atoms with Gasteiger partial charge in [0.05, 0.1) is 19.3 Å². The maximum atomic E-state index is 13.3. The first kappa shape index (κ1) is 19.0. The van der Waals surface area contributed by atoms with Crippen LogP contribution >= 0.6 is 0 Å². The summed E-state index contributed by atoms with van der Waals surface area (Å²) in [6.45, 7) is 1.23. The van der Waals surface area contributed by atoms with Crippen LogP contribution in [0.4, 0.5) is 36.3 Å². The molecule has 4 rings (SSSR count). The first-order valence-corrected chi connectivity index (χ1v) is 9.08. The molecule has 1 aliphatic rings. The number of pyridine rings is 1. The van der Waals surface area contributed by atoms with Crippen molar-refractivity contribution in [2.75, 3.05) is 28.6 Å². The summed E-state index contributed by atoms with van der Waals surface area (Å²) in [6.07, 6.45) is 4.63. The molecule has 1 fully saturated rings. The van der Waals surface area contributed by atoms with Crippen molar-refractivity contribution in [3.05, 3.63) is 66.4 Å². The Morgan fingerprint density at radius 3 is 2.41 bits per heavy atom. The standard InChI is InChI=1S/C20H19F3N6/c1-13(14-2-4-15(21)5-3-14)26-17-8-16(29-11-20(22,23)12-29)9-18(27-17)28-19-10-24-6-7-25-19/h2-10,13H,11-12H2,1H3,(H2,25,26,27,28)/t13-/m0/s1. The first-order chi connectivity index (χ1) is 13.9. The number of alkyl halides is 2. The lowest BCUT2D eigenvalue weighted by Crippen LogP contribution is -2.56. The Kier molecular flexibility index (Phi) is 4.96. The molecule has 0 amide bonds. The fraction of sp³-hybridized carbons (Fsp3) is 0.250. The molecule has 6 nitrogen and oxygen atoms in total. The van der Waals surface area contributed by atoms with Crippen molar-refractivity contribution in [3.8, 4) is 0 Å². The van der Waals surface area contributed by atoms with Gasteiger partial charge in [0.25, 0.3) is 5.92 Å². The lowest BCUT2D eigenvalue weighted by atomic mass is 10.1. The fourth-order valence-corrected chi connectivity index (χ4v) is 3.08. The van der Waals surface area contributed by atoms with Crippen LogP contribution in [0.3, 0.4) is 0 Å². The van der Waals surface area contributed by atoms with Gasteiger partial charge in [-0.1, -0.05) is 12.1 Å². The van der Waals surface area contributed by atoms with Gasteiger partial charge in [-0.3, -0.25) is 4.98 Å². The van der Waals surface area contributed by atoms with Crippen LogP contribution < -0.4 is 15.5 Å². The van der Waals surface area contributed by atoms with E-state index in [1.807, 2.05) is 6.92 Å². The van der Waals surface area contributed by atoms with Gasteiger partial charge in [-0.05, 0) is 24.6 Å². The third-order valence-electron chi connectivity index (χ3n) is 4.57. The van der Waals surface area contributed by atoms with Crippen LogP contribution in [0.5, 0.6) is 0 Å². The number of benzene rings is 1. The van der Waals surface area contributed by atoms with Crippen molar-refractivity contribution in [2.24, 2.45) is 0 Å². The summed E-state index contributed by atoms with van der Waals surface area (Å²) in [4.78, 5) is 14.2. The Morgan fingerprint density at radius 2 is 1.76 bits per heavy atom. The summed E-state index contributed by atoms with van der Waals surface area (Å²) < 4.78 is 39.9. The predicted molar refractivity (Wildman–Crippen MR) is 105 cm³/mol. The van der Waals surface area contributed by atoms with Gasteiger partial charge in [0.1, 0.15) is 23.3 Å². The number of anilines is 4. The number of aromatic nitrogens is 3. The van der Waals surface area contributed by atoms with Gasteiger partial charge in [-0.2, -0.15) is 0 Å². The Labute approximate surface area is 165 Å². The van der Waals surface area contributed by atoms with E-state index < -0.39 is 5.92 Å². The van der Waals surface area contributed by atoms with E-state index >= 15 is 0 Å². The summed E-state index contributed by atoms with van der Waals surface area (Å²) >= 11 is 0. The summed E-state index contributed by atoms with van der Waals surface area (Å²) in [5.74, 6) is -1.55. The van der Waals surface area contributed by atoms with E-state index in [4.69, 9.17) is 0 Å². The van der Waals surface area contributed by atoms with Crippen LogP contribution in [0.25, 0.3) is 0 Å². The number of hydrogen-bond acceptors (Lipinski definition) is 6. The largest absolute Gasteiger partial charge is 0.363 e. The van der Waals surface area contributed by atoms with Crippen molar-refractivity contribution in [1.29, 1.82) is 0 Å². The van der Waals surface area contributed by atoms with Gasteiger partial charge in [0.15, 0.2) is 0 Å². The highest BCUT2D eigenvalue weighted by molar-refractivity contribution is 5.66. The molecule has 0 aliphatic carbocycles. The first-order valence-electron chi connectivity index (χ1n) is 9.08.